The van der Waals surface area contributed by atoms with Gasteiger partial charge in [-0.2, -0.15) is 0 Å². The molecular weight excluding hydrogens is 424 g/mol. The van der Waals surface area contributed by atoms with Crippen LogP contribution in [0.3, 0.4) is 0 Å². The molecule has 160 valence electrons. The van der Waals surface area contributed by atoms with Crippen LogP contribution in [-0.2, 0) is 19.4 Å². The predicted octanol–water partition coefficient (Wildman–Crippen LogP) is 2.33. The fourth-order valence-corrected chi connectivity index (χ4v) is 3.94. The van der Waals surface area contributed by atoms with Gasteiger partial charge in [0, 0.05) is 18.6 Å². The third kappa shape index (κ3) is 4.67. The van der Waals surface area contributed by atoms with E-state index in [1.54, 1.807) is 0 Å². The van der Waals surface area contributed by atoms with Crippen LogP contribution in [0.2, 0.25) is 0 Å². The van der Waals surface area contributed by atoms with Crippen molar-refractivity contribution in [1.82, 2.24) is 0 Å². The van der Waals surface area contributed by atoms with Crippen LogP contribution < -0.4 is 14.8 Å². The normalized spacial score (nSPS) is 12.9. The fourth-order valence-electron chi connectivity index (χ4n) is 2.69. The number of methoxy groups -OCH3 is 1. The number of benzene rings is 2. The lowest BCUT2D eigenvalue weighted by atomic mass is 10.1. The third-order valence-electron chi connectivity index (χ3n) is 4.21. The standard InChI is InChI=1S/C19H17F2NO7S/c1-27-19(24)12-9-15(14(21)10-13(12)20)22-18(23)4-7-30(25,26)11-2-3-16-17(8-11)29-6-5-28-16/h2-3,8-10H,4-7H2,1H3,(H,22,23). The van der Waals surface area contributed by atoms with Crippen molar-refractivity contribution in [1.29, 1.82) is 0 Å². The second-order valence-corrected chi connectivity index (χ2v) is 8.34. The van der Waals surface area contributed by atoms with Gasteiger partial charge in [-0.05, 0) is 18.2 Å². The fraction of sp³-hybridized carbons (Fsp3) is 0.263. The number of esters is 1. The number of anilines is 1. The Morgan fingerprint density at radius 3 is 2.47 bits per heavy atom. The molecule has 0 fully saturated rings. The molecule has 1 aliphatic heterocycles. The van der Waals surface area contributed by atoms with Gasteiger partial charge in [-0.15, -0.1) is 0 Å². The second kappa shape index (κ2) is 8.66. The Hall–Kier alpha value is -3.21. The van der Waals surface area contributed by atoms with Gasteiger partial charge in [-0.1, -0.05) is 0 Å². The van der Waals surface area contributed by atoms with E-state index in [-0.39, 0.29) is 17.3 Å². The number of hydrogen-bond donors (Lipinski definition) is 1. The lowest BCUT2D eigenvalue weighted by Gasteiger charge is -2.18. The van der Waals surface area contributed by atoms with Crippen LogP contribution in [0.25, 0.3) is 0 Å². The number of halogens is 2. The number of sulfone groups is 1. The van der Waals surface area contributed by atoms with E-state index in [4.69, 9.17) is 9.47 Å². The molecular formula is C19H17F2NO7S. The van der Waals surface area contributed by atoms with Gasteiger partial charge < -0.3 is 19.5 Å². The maximum Gasteiger partial charge on any atom is 0.340 e. The largest absolute Gasteiger partial charge is 0.486 e. The summed E-state index contributed by atoms with van der Waals surface area (Å²) in [6.07, 6.45) is -0.499. The van der Waals surface area contributed by atoms with Crippen molar-refractivity contribution in [2.45, 2.75) is 11.3 Å². The topological polar surface area (TPSA) is 108 Å². The highest BCUT2D eigenvalue weighted by Gasteiger charge is 2.22. The van der Waals surface area contributed by atoms with Crippen LogP contribution >= 0.6 is 0 Å². The van der Waals surface area contributed by atoms with E-state index in [1.165, 1.54) is 18.2 Å². The van der Waals surface area contributed by atoms with E-state index in [2.05, 4.69) is 10.1 Å². The van der Waals surface area contributed by atoms with Gasteiger partial charge in [0.1, 0.15) is 24.8 Å². The van der Waals surface area contributed by atoms with Crippen molar-refractivity contribution < 1.29 is 41.0 Å². The SMILES string of the molecule is COC(=O)c1cc(NC(=O)CCS(=O)(=O)c2ccc3c(c2)OCCO3)c(F)cc1F. The summed E-state index contributed by atoms with van der Waals surface area (Å²) in [5.74, 6) is -4.02. The summed E-state index contributed by atoms with van der Waals surface area (Å²) in [4.78, 5) is 23.6. The Balaban J connectivity index is 1.69. The zero-order valence-corrected chi connectivity index (χ0v) is 16.6. The van der Waals surface area contributed by atoms with Gasteiger partial charge >= 0.3 is 5.97 Å². The van der Waals surface area contributed by atoms with Crippen LogP contribution in [-0.4, -0.2) is 46.4 Å². The Bertz CT molecular complexity index is 1100. The van der Waals surface area contributed by atoms with E-state index in [0.717, 1.165) is 13.2 Å². The molecule has 2 aromatic carbocycles. The van der Waals surface area contributed by atoms with Crippen LogP contribution in [0.4, 0.5) is 14.5 Å². The molecule has 11 heteroatoms. The van der Waals surface area contributed by atoms with Gasteiger partial charge in [0.25, 0.3) is 0 Å². The highest BCUT2D eigenvalue weighted by Crippen LogP contribution is 2.32. The monoisotopic (exact) mass is 441 g/mol. The first kappa shape index (κ1) is 21.5. The minimum Gasteiger partial charge on any atom is -0.486 e. The number of fused-ring (bicyclic) bond motifs is 1. The molecule has 2 aromatic rings. The number of carbonyl (C=O) groups excluding carboxylic acids is 2. The molecule has 8 nitrogen and oxygen atoms in total. The summed E-state index contributed by atoms with van der Waals surface area (Å²) in [6, 6.07) is 5.31. The quantitative estimate of drug-likeness (QED) is 0.686. The summed E-state index contributed by atoms with van der Waals surface area (Å²) in [7, 11) is -2.83. The Kier molecular flexibility index (Phi) is 6.20. The van der Waals surface area contributed by atoms with Crippen LogP contribution in [0.1, 0.15) is 16.8 Å². The number of nitrogens with one attached hydrogen (secondary N) is 1. The highest BCUT2D eigenvalue weighted by atomic mass is 32.2. The van der Waals surface area contributed by atoms with Crippen molar-refractivity contribution in [3.05, 3.63) is 47.5 Å². The molecule has 3 rings (SSSR count). The second-order valence-electron chi connectivity index (χ2n) is 6.23. The first-order valence-corrected chi connectivity index (χ1v) is 10.4. The van der Waals surface area contributed by atoms with Gasteiger partial charge in [0.15, 0.2) is 21.3 Å². The molecule has 0 atom stereocenters. The molecule has 0 aromatic heterocycles. The predicted molar refractivity (Wildman–Crippen MR) is 100 cm³/mol. The molecule has 0 spiro atoms. The Morgan fingerprint density at radius 2 is 1.77 bits per heavy atom. The molecule has 1 N–H and O–H groups in total. The van der Waals surface area contributed by atoms with Gasteiger partial charge in [0.2, 0.25) is 5.91 Å². The molecule has 0 bridgehead atoms. The third-order valence-corrected chi connectivity index (χ3v) is 5.92. The number of carbonyl (C=O) groups is 2. The van der Waals surface area contributed by atoms with Crippen molar-refractivity contribution in [3.8, 4) is 11.5 Å². The summed E-state index contributed by atoms with van der Waals surface area (Å²) in [6.45, 7) is 0.645. The summed E-state index contributed by atoms with van der Waals surface area (Å²) in [5.41, 5.74) is -1.04. The average Bonchev–Trinajstić information content (AvgIpc) is 2.73. The van der Waals surface area contributed by atoms with Gasteiger partial charge in [-0.25, -0.2) is 22.0 Å². The number of ether oxygens (including phenoxy) is 3. The maximum atomic E-state index is 13.9. The maximum absolute atomic E-state index is 13.9. The average molecular weight is 441 g/mol. The van der Waals surface area contributed by atoms with Crippen LogP contribution in [0.5, 0.6) is 11.5 Å². The van der Waals surface area contributed by atoms with Crippen molar-refractivity contribution in [2.75, 3.05) is 31.4 Å². The summed E-state index contributed by atoms with van der Waals surface area (Å²) >= 11 is 0. The molecule has 0 aliphatic carbocycles. The Labute approximate surface area is 170 Å². The van der Waals surface area contributed by atoms with E-state index in [1.807, 2.05) is 0 Å². The smallest absolute Gasteiger partial charge is 0.340 e. The number of rotatable bonds is 6. The molecule has 0 saturated carbocycles. The highest BCUT2D eigenvalue weighted by molar-refractivity contribution is 7.91. The molecule has 1 amide bonds. The van der Waals surface area contributed by atoms with Crippen LogP contribution in [0.15, 0.2) is 35.2 Å². The number of hydrogen-bond acceptors (Lipinski definition) is 7. The zero-order chi connectivity index (χ0) is 21.9. The molecule has 0 radical (unpaired) electrons. The van der Waals surface area contributed by atoms with E-state index < -0.39 is 56.8 Å². The summed E-state index contributed by atoms with van der Waals surface area (Å²) < 4.78 is 67.7. The summed E-state index contributed by atoms with van der Waals surface area (Å²) in [5, 5.41) is 2.13. The molecule has 30 heavy (non-hydrogen) atoms. The first-order chi connectivity index (χ1) is 14.2. The first-order valence-electron chi connectivity index (χ1n) is 8.71. The minimum atomic E-state index is -3.85. The Morgan fingerprint density at radius 1 is 1.07 bits per heavy atom. The van der Waals surface area contributed by atoms with Gasteiger partial charge in [0.05, 0.1) is 29.0 Å². The van der Waals surface area contributed by atoms with Crippen molar-refractivity contribution >= 4 is 27.4 Å². The van der Waals surface area contributed by atoms with Crippen LogP contribution in [0, 0.1) is 11.6 Å². The van der Waals surface area contributed by atoms with E-state index in [9.17, 15) is 26.8 Å². The molecule has 1 heterocycles. The molecule has 1 aliphatic rings. The van der Waals surface area contributed by atoms with E-state index >= 15 is 0 Å². The number of amides is 1. The lowest BCUT2D eigenvalue weighted by molar-refractivity contribution is -0.115. The van der Waals surface area contributed by atoms with Crippen molar-refractivity contribution in [3.63, 3.8) is 0 Å². The zero-order valence-electron chi connectivity index (χ0n) is 15.7. The minimum absolute atomic E-state index is 0.0551. The lowest BCUT2D eigenvalue weighted by Crippen LogP contribution is -2.19. The van der Waals surface area contributed by atoms with Gasteiger partial charge in [-0.3, -0.25) is 4.79 Å². The molecule has 0 saturated heterocycles. The van der Waals surface area contributed by atoms with Crippen molar-refractivity contribution in [2.24, 2.45) is 0 Å². The molecule has 0 unspecified atom stereocenters. The van der Waals surface area contributed by atoms with E-state index in [0.29, 0.717) is 18.4 Å².